The highest BCUT2D eigenvalue weighted by molar-refractivity contribution is 5.95. The molecule has 17 heteroatoms. The standard InChI is InChI=1S/C39H39N9O8/c40-30(18-25-10-4-1-5-11-25)37(50)44-33(21-28-23-46(24-42-28)34-17-16-29(47(53)54)22-35(34)48(55)56)39(52)45-32(20-27-14-8-3-9-15-27)38(51)43-31(36(41)49)19-26-12-6-2-7-13-26/h1-17,22-24,30-33H,18-21,40H2,(H2,41,49)(H,43,51)(H,44,50)(H,45,52)/t30-,31-,32-,33-/m0/s1. The zero-order valence-electron chi connectivity index (χ0n) is 29.9. The van der Waals surface area contributed by atoms with Crippen LogP contribution in [0.1, 0.15) is 22.4 Å². The number of hydrogen-bond donors (Lipinski definition) is 5. The molecule has 0 unspecified atom stereocenters. The summed E-state index contributed by atoms with van der Waals surface area (Å²) in [5, 5.41) is 31.1. The summed E-state index contributed by atoms with van der Waals surface area (Å²) in [5.41, 5.74) is 13.3. The van der Waals surface area contributed by atoms with Gasteiger partial charge in [-0.05, 0) is 29.2 Å². The van der Waals surface area contributed by atoms with Crippen LogP contribution < -0.4 is 27.4 Å². The van der Waals surface area contributed by atoms with Gasteiger partial charge in [-0.25, -0.2) is 4.98 Å². The summed E-state index contributed by atoms with van der Waals surface area (Å²) in [6.45, 7) is 0. The first kappa shape index (κ1) is 39.9. The molecule has 0 fully saturated rings. The van der Waals surface area contributed by atoms with Crippen LogP contribution >= 0.6 is 0 Å². The number of carbonyl (C=O) groups excluding carboxylic acids is 4. The zero-order chi connectivity index (χ0) is 40.2. The van der Waals surface area contributed by atoms with E-state index in [-0.39, 0.29) is 37.1 Å². The fourth-order valence-corrected chi connectivity index (χ4v) is 5.92. The second-order valence-electron chi connectivity index (χ2n) is 12.9. The third-order valence-electron chi connectivity index (χ3n) is 8.82. The molecule has 17 nitrogen and oxygen atoms in total. The van der Waals surface area contributed by atoms with Crippen molar-refractivity contribution in [2.24, 2.45) is 11.5 Å². The molecule has 288 valence electrons. The zero-order valence-corrected chi connectivity index (χ0v) is 29.9. The lowest BCUT2D eigenvalue weighted by Crippen LogP contribution is -2.58. The van der Waals surface area contributed by atoms with E-state index in [4.69, 9.17) is 11.5 Å². The lowest BCUT2D eigenvalue weighted by Gasteiger charge is -2.25. The molecule has 0 spiro atoms. The Balaban J connectivity index is 1.42. The molecule has 4 atom stereocenters. The fraction of sp³-hybridized carbons (Fsp3) is 0.205. The molecule has 0 radical (unpaired) electrons. The van der Waals surface area contributed by atoms with E-state index >= 15 is 0 Å². The number of nitrogens with two attached hydrogens (primary N) is 2. The Labute approximate surface area is 320 Å². The molecule has 5 rings (SSSR count). The molecule has 4 amide bonds. The SMILES string of the molecule is NC(=O)[C@H](Cc1ccccc1)NC(=O)[C@H](Cc1ccccc1)NC(=O)[C@H](Cc1cn(-c2ccc([N+](=O)[O-])cc2[N+](=O)[O-])cn1)NC(=O)[C@@H](N)Cc1ccccc1. The first-order chi connectivity index (χ1) is 26.9. The van der Waals surface area contributed by atoms with Gasteiger partial charge in [-0.2, -0.15) is 0 Å². The molecule has 0 saturated carbocycles. The first-order valence-corrected chi connectivity index (χ1v) is 17.4. The van der Waals surface area contributed by atoms with E-state index in [9.17, 15) is 39.4 Å². The van der Waals surface area contributed by atoms with Crippen molar-refractivity contribution in [3.8, 4) is 5.69 Å². The smallest absolute Gasteiger partial charge is 0.300 e. The number of aromatic nitrogens is 2. The van der Waals surface area contributed by atoms with Crippen LogP contribution in [-0.2, 0) is 44.9 Å². The number of nitro benzene ring substituents is 2. The van der Waals surface area contributed by atoms with Gasteiger partial charge in [0.2, 0.25) is 23.6 Å². The van der Waals surface area contributed by atoms with Crippen molar-refractivity contribution in [2.75, 3.05) is 0 Å². The van der Waals surface area contributed by atoms with Gasteiger partial charge in [-0.1, -0.05) is 91.0 Å². The Bertz CT molecular complexity index is 2180. The molecule has 1 heterocycles. The summed E-state index contributed by atoms with van der Waals surface area (Å²) in [5.74, 6) is -2.97. The number of primary amides is 1. The van der Waals surface area contributed by atoms with Gasteiger partial charge in [0.15, 0.2) is 0 Å². The molecular formula is C39H39N9O8. The molecule has 7 N–H and O–H groups in total. The van der Waals surface area contributed by atoms with Gasteiger partial charge >= 0.3 is 0 Å². The average molecular weight is 762 g/mol. The molecule has 0 aliphatic carbocycles. The van der Waals surface area contributed by atoms with Gasteiger partial charge in [0.25, 0.3) is 11.4 Å². The molecule has 0 aliphatic heterocycles. The highest BCUT2D eigenvalue weighted by Gasteiger charge is 2.31. The number of amides is 4. The number of benzene rings is 4. The minimum atomic E-state index is -1.37. The Morgan fingerprint density at radius 2 is 1.12 bits per heavy atom. The van der Waals surface area contributed by atoms with Crippen LogP contribution in [0.3, 0.4) is 0 Å². The number of nitrogens with one attached hydrogen (secondary N) is 3. The molecular weight excluding hydrogens is 722 g/mol. The number of rotatable bonds is 18. The second-order valence-corrected chi connectivity index (χ2v) is 12.9. The normalized spacial score (nSPS) is 13.0. The maximum atomic E-state index is 14.2. The predicted molar refractivity (Wildman–Crippen MR) is 204 cm³/mol. The quantitative estimate of drug-likeness (QED) is 0.0642. The van der Waals surface area contributed by atoms with Crippen molar-refractivity contribution in [3.63, 3.8) is 0 Å². The maximum absolute atomic E-state index is 14.2. The van der Waals surface area contributed by atoms with Gasteiger partial charge in [0.05, 0.1) is 34.0 Å². The van der Waals surface area contributed by atoms with Crippen LogP contribution in [0.2, 0.25) is 0 Å². The molecule has 5 aromatic rings. The Kier molecular flexibility index (Phi) is 13.3. The summed E-state index contributed by atoms with van der Waals surface area (Å²) < 4.78 is 1.26. The molecule has 4 aromatic carbocycles. The third kappa shape index (κ3) is 10.9. The van der Waals surface area contributed by atoms with Crippen LogP contribution in [0.5, 0.6) is 0 Å². The van der Waals surface area contributed by atoms with Crippen molar-refractivity contribution in [2.45, 2.75) is 49.9 Å². The van der Waals surface area contributed by atoms with Gasteiger partial charge in [0.1, 0.15) is 23.8 Å². The summed E-state index contributed by atoms with van der Waals surface area (Å²) in [4.78, 5) is 79.8. The van der Waals surface area contributed by atoms with Crippen LogP contribution in [0.4, 0.5) is 11.4 Å². The molecule has 0 aliphatic rings. The summed E-state index contributed by atoms with van der Waals surface area (Å²) in [6, 6.07) is 25.1. The van der Waals surface area contributed by atoms with Gasteiger partial charge in [-0.3, -0.25) is 44.0 Å². The average Bonchev–Trinajstić information content (AvgIpc) is 3.66. The van der Waals surface area contributed by atoms with E-state index in [1.165, 1.54) is 23.2 Å². The van der Waals surface area contributed by atoms with E-state index in [1.54, 1.807) is 84.9 Å². The minimum absolute atomic E-state index is 0.00184. The Morgan fingerprint density at radius 3 is 1.64 bits per heavy atom. The topological polar surface area (TPSA) is 261 Å². The second kappa shape index (κ2) is 18.7. The number of non-ortho nitro benzene ring substituents is 1. The monoisotopic (exact) mass is 761 g/mol. The van der Waals surface area contributed by atoms with E-state index in [1.807, 2.05) is 6.07 Å². The molecule has 1 aromatic heterocycles. The minimum Gasteiger partial charge on any atom is -0.368 e. The lowest BCUT2D eigenvalue weighted by atomic mass is 10.0. The van der Waals surface area contributed by atoms with Crippen molar-refractivity contribution in [1.82, 2.24) is 25.5 Å². The molecule has 56 heavy (non-hydrogen) atoms. The summed E-state index contributed by atoms with van der Waals surface area (Å²) in [6.07, 6.45) is 2.59. The third-order valence-corrected chi connectivity index (χ3v) is 8.82. The van der Waals surface area contributed by atoms with E-state index in [0.29, 0.717) is 5.56 Å². The van der Waals surface area contributed by atoms with Crippen molar-refractivity contribution in [3.05, 3.63) is 164 Å². The molecule has 0 bridgehead atoms. The maximum Gasteiger partial charge on any atom is 0.300 e. The van der Waals surface area contributed by atoms with Crippen LogP contribution in [0, 0.1) is 20.2 Å². The van der Waals surface area contributed by atoms with Gasteiger partial charge in [0, 0.05) is 31.5 Å². The van der Waals surface area contributed by atoms with Crippen LogP contribution in [0.25, 0.3) is 5.69 Å². The number of hydrogen-bond acceptors (Lipinski definition) is 10. The van der Waals surface area contributed by atoms with Crippen LogP contribution in [0.15, 0.2) is 122 Å². The van der Waals surface area contributed by atoms with Gasteiger partial charge in [-0.15, -0.1) is 0 Å². The van der Waals surface area contributed by atoms with E-state index in [0.717, 1.165) is 23.3 Å². The number of nitrogens with zero attached hydrogens (tertiary/aromatic N) is 4. The number of nitro groups is 2. The first-order valence-electron chi connectivity index (χ1n) is 17.4. The Hall–Kier alpha value is -7.27. The Morgan fingerprint density at radius 1 is 0.643 bits per heavy atom. The van der Waals surface area contributed by atoms with Gasteiger partial charge < -0.3 is 27.4 Å². The van der Waals surface area contributed by atoms with Crippen molar-refractivity contribution < 1.29 is 29.0 Å². The summed E-state index contributed by atoms with van der Waals surface area (Å²) in [7, 11) is 0. The van der Waals surface area contributed by atoms with E-state index in [2.05, 4.69) is 20.9 Å². The molecule has 0 saturated heterocycles. The van der Waals surface area contributed by atoms with Crippen LogP contribution in [-0.4, -0.2) is 67.2 Å². The highest BCUT2D eigenvalue weighted by Crippen LogP contribution is 2.28. The van der Waals surface area contributed by atoms with E-state index < -0.39 is 69.0 Å². The van der Waals surface area contributed by atoms with Crippen molar-refractivity contribution in [1.29, 1.82) is 0 Å². The highest BCUT2D eigenvalue weighted by atomic mass is 16.6. The largest absolute Gasteiger partial charge is 0.368 e. The fourth-order valence-electron chi connectivity index (χ4n) is 5.92. The lowest BCUT2D eigenvalue weighted by molar-refractivity contribution is -0.394. The predicted octanol–water partition coefficient (Wildman–Crippen LogP) is 2.23. The number of imidazole rings is 1. The van der Waals surface area contributed by atoms with Crippen molar-refractivity contribution >= 4 is 35.0 Å². The number of carbonyl (C=O) groups is 4. The summed E-state index contributed by atoms with van der Waals surface area (Å²) >= 11 is 0.